The summed E-state index contributed by atoms with van der Waals surface area (Å²) in [7, 11) is 1.92. The van der Waals surface area contributed by atoms with Crippen LogP contribution in [0.4, 0.5) is 5.69 Å². The van der Waals surface area contributed by atoms with Crippen LogP contribution in [0.3, 0.4) is 0 Å². The summed E-state index contributed by atoms with van der Waals surface area (Å²) in [5.41, 5.74) is 10.3. The molecule has 0 saturated carbocycles. The predicted octanol–water partition coefficient (Wildman–Crippen LogP) is 1.90. The molecule has 1 heterocycles. The standard InChI is InChI=1S/C12H15N3/c1-9-5-3-4-6-10(9)7-12-11(13)8-14-15(12)2/h3-6,8H,7,13H2,1-2H3. The summed E-state index contributed by atoms with van der Waals surface area (Å²) in [6.45, 7) is 2.11. The molecule has 0 amide bonds. The zero-order chi connectivity index (χ0) is 10.8. The molecule has 0 radical (unpaired) electrons. The van der Waals surface area contributed by atoms with Gasteiger partial charge in [-0.25, -0.2) is 0 Å². The molecule has 0 aliphatic rings. The molecule has 0 atom stereocenters. The average Bonchev–Trinajstić information content (AvgIpc) is 2.53. The third kappa shape index (κ3) is 1.86. The number of hydrogen-bond acceptors (Lipinski definition) is 2. The summed E-state index contributed by atoms with van der Waals surface area (Å²) >= 11 is 0. The monoisotopic (exact) mass is 201 g/mol. The van der Waals surface area contributed by atoms with Crippen LogP contribution in [0.15, 0.2) is 30.5 Å². The second-order valence-electron chi connectivity index (χ2n) is 3.77. The van der Waals surface area contributed by atoms with Crippen molar-refractivity contribution in [2.45, 2.75) is 13.3 Å². The molecule has 0 fully saturated rings. The van der Waals surface area contributed by atoms with Gasteiger partial charge in [0, 0.05) is 13.5 Å². The van der Waals surface area contributed by atoms with E-state index in [0.29, 0.717) is 0 Å². The van der Waals surface area contributed by atoms with Gasteiger partial charge in [-0.15, -0.1) is 0 Å². The number of aromatic nitrogens is 2. The van der Waals surface area contributed by atoms with Crippen LogP contribution in [0, 0.1) is 6.92 Å². The second-order valence-corrected chi connectivity index (χ2v) is 3.77. The van der Waals surface area contributed by atoms with Crippen molar-refractivity contribution in [3.05, 3.63) is 47.3 Å². The van der Waals surface area contributed by atoms with E-state index in [-0.39, 0.29) is 0 Å². The zero-order valence-corrected chi connectivity index (χ0v) is 9.07. The van der Waals surface area contributed by atoms with Crippen molar-refractivity contribution in [3.63, 3.8) is 0 Å². The molecule has 15 heavy (non-hydrogen) atoms. The van der Waals surface area contributed by atoms with Gasteiger partial charge in [-0.3, -0.25) is 4.68 Å². The molecule has 2 aromatic rings. The van der Waals surface area contributed by atoms with Gasteiger partial charge in [0.15, 0.2) is 0 Å². The Morgan fingerprint density at radius 1 is 1.33 bits per heavy atom. The fraction of sp³-hybridized carbons (Fsp3) is 0.250. The summed E-state index contributed by atoms with van der Waals surface area (Å²) in [6, 6.07) is 8.34. The van der Waals surface area contributed by atoms with Crippen molar-refractivity contribution in [3.8, 4) is 0 Å². The number of rotatable bonds is 2. The van der Waals surface area contributed by atoms with Crippen molar-refractivity contribution < 1.29 is 0 Å². The molecule has 0 aliphatic heterocycles. The number of nitrogens with zero attached hydrogens (tertiary/aromatic N) is 2. The minimum atomic E-state index is 0.765. The molecular weight excluding hydrogens is 186 g/mol. The van der Waals surface area contributed by atoms with Crippen molar-refractivity contribution in [2.75, 3.05) is 5.73 Å². The summed E-state index contributed by atoms with van der Waals surface area (Å²) < 4.78 is 1.84. The minimum absolute atomic E-state index is 0.765. The summed E-state index contributed by atoms with van der Waals surface area (Å²) in [5.74, 6) is 0. The topological polar surface area (TPSA) is 43.8 Å². The first-order valence-electron chi connectivity index (χ1n) is 4.99. The molecule has 0 bridgehead atoms. The highest BCUT2D eigenvalue weighted by Gasteiger charge is 2.07. The quantitative estimate of drug-likeness (QED) is 0.806. The predicted molar refractivity (Wildman–Crippen MR) is 61.6 cm³/mol. The summed E-state index contributed by atoms with van der Waals surface area (Å²) in [6.07, 6.45) is 2.54. The molecule has 1 aromatic heterocycles. The SMILES string of the molecule is Cc1ccccc1Cc1c(N)cnn1C. The maximum Gasteiger partial charge on any atom is 0.0736 e. The Bertz CT molecular complexity index is 452. The Morgan fingerprint density at radius 3 is 2.67 bits per heavy atom. The molecule has 1 aromatic carbocycles. The minimum Gasteiger partial charge on any atom is -0.396 e. The van der Waals surface area contributed by atoms with Gasteiger partial charge in [0.25, 0.3) is 0 Å². The van der Waals surface area contributed by atoms with Gasteiger partial charge >= 0.3 is 0 Å². The molecule has 3 nitrogen and oxygen atoms in total. The molecule has 2 rings (SSSR count). The lowest BCUT2D eigenvalue weighted by Crippen LogP contribution is -2.02. The summed E-state index contributed by atoms with van der Waals surface area (Å²) in [5, 5.41) is 4.13. The fourth-order valence-corrected chi connectivity index (χ4v) is 1.69. The molecule has 0 unspecified atom stereocenters. The van der Waals surface area contributed by atoms with Gasteiger partial charge < -0.3 is 5.73 Å². The van der Waals surface area contributed by atoms with Crippen molar-refractivity contribution in [1.82, 2.24) is 9.78 Å². The molecule has 2 N–H and O–H groups in total. The van der Waals surface area contributed by atoms with Crippen LogP contribution >= 0.6 is 0 Å². The zero-order valence-electron chi connectivity index (χ0n) is 9.07. The van der Waals surface area contributed by atoms with Gasteiger partial charge in [-0.05, 0) is 18.1 Å². The van der Waals surface area contributed by atoms with E-state index in [9.17, 15) is 0 Å². The Balaban J connectivity index is 2.34. The molecule has 0 spiro atoms. The number of hydrogen-bond donors (Lipinski definition) is 1. The van der Waals surface area contributed by atoms with Crippen molar-refractivity contribution in [2.24, 2.45) is 7.05 Å². The van der Waals surface area contributed by atoms with Crippen LogP contribution in [0.2, 0.25) is 0 Å². The maximum atomic E-state index is 5.86. The number of benzene rings is 1. The Hall–Kier alpha value is -1.77. The van der Waals surface area contributed by atoms with E-state index in [1.807, 2.05) is 17.8 Å². The second kappa shape index (κ2) is 3.77. The Labute approximate surface area is 89.5 Å². The van der Waals surface area contributed by atoms with Crippen LogP contribution in [0.25, 0.3) is 0 Å². The van der Waals surface area contributed by atoms with Crippen LogP contribution in [0.1, 0.15) is 16.8 Å². The van der Waals surface area contributed by atoms with E-state index in [1.54, 1.807) is 6.20 Å². The van der Waals surface area contributed by atoms with E-state index in [1.165, 1.54) is 11.1 Å². The first kappa shape index (κ1) is 9.77. The Morgan fingerprint density at radius 2 is 2.07 bits per heavy atom. The normalized spacial score (nSPS) is 10.5. The highest BCUT2D eigenvalue weighted by atomic mass is 15.3. The van der Waals surface area contributed by atoms with E-state index in [0.717, 1.165) is 17.8 Å². The van der Waals surface area contributed by atoms with Gasteiger partial charge in [0.2, 0.25) is 0 Å². The molecule has 0 aliphatic carbocycles. The highest BCUT2D eigenvalue weighted by Crippen LogP contribution is 2.17. The van der Waals surface area contributed by atoms with Crippen LogP contribution in [-0.4, -0.2) is 9.78 Å². The van der Waals surface area contributed by atoms with Gasteiger partial charge in [0.05, 0.1) is 17.6 Å². The average molecular weight is 201 g/mol. The maximum absolute atomic E-state index is 5.86. The van der Waals surface area contributed by atoms with Gasteiger partial charge in [-0.1, -0.05) is 24.3 Å². The van der Waals surface area contributed by atoms with E-state index >= 15 is 0 Å². The largest absolute Gasteiger partial charge is 0.396 e. The van der Waals surface area contributed by atoms with E-state index in [2.05, 4.69) is 30.2 Å². The molecule has 78 valence electrons. The number of nitrogens with two attached hydrogens (primary N) is 1. The number of anilines is 1. The third-order valence-corrected chi connectivity index (χ3v) is 2.71. The third-order valence-electron chi connectivity index (χ3n) is 2.71. The van der Waals surface area contributed by atoms with Crippen LogP contribution < -0.4 is 5.73 Å². The Kier molecular flexibility index (Phi) is 2.46. The lowest BCUT2D eigenvalue weighted by molar-refractivity contribution is 0.724. The van der Waals surface area contributed by atoms with Gasteiger partial charge in [-0.2, -0.15) is 5.10 Å². The first-order valence-corrected chi connectivity index (χ1v) is 4.99. The smallest absolute Gasteiger partial charge is 0.0736 e. The number of aryl methyl sites for hydroxylation is 2. The molecule has 3 heteroatoms. The highest BCUT2D eigenvalue weighted by molar-refractivity contribution is 5.44. The molecular formula is C12H15N3. The molecule has 0 saturated heterocycles. The van der Waals surface area contributed by atoms with Crippen molar-refractivity contribution in [1.29, 1.82) is 0 Å². The van der Waals surface area contributed by atoms with E-state index < -0.39 is 0 Å². The van der Waals surface area contributed by atoms with Gasteiger partial charge in [0.1, 0.15) is 0 Å². The lowest BCUT2D eigenvalue weighted by Gasteiger charge is -2.06. The number of nitrogen functional groups attached to an aromatic ring is 1. The first-order chi connectivity index (χ1) is 7.18. The van der Waals surface area contributed by atoms with Crippen LogP contribution in [0.5, 0.6) is 0 Å². The lowest BCUT2D eigenvalue weighted by atomic mass is 10.0. The van der Waals surface area contributed by atoms with Crippen LogP contribution in [-0.2, 0) is 13.5 Å². The van der Waals surface area contributed by atoms with Crippen molar-refractivity contribution >= 4 is 5.69 Å². The van der Waals surface area contributed by atoms with E-state index in [4.69, 9.17) is 5.73 Å². The fourth-order valence-electron chi connectivity index (χ4n) is 1.69. The summed E-state index contributed by atoms with van der Waals surface area (Å²) in [4.78, 5) is 0.